The minimum atomic E-state index is -0.161. The van der Waals surface area contributed by atoms with Crippen molar-refractivity contribution in [2.24, 2.45) is 0 Å². The first-order valence-corrected chi connectivity index (χ1v) is 9.28. The second kappa shape index (κ2) is 5.50. The lowest BCUT2D eigenvalue weighted by atomic mass is 9.89. The van der Waals surface area contributed by atoms with Gasteiger partial charge in [0.05, 0.1) is 9.52 Å². The summed E-state index contributed by atoms with van der Waals surface area (Å²) in [5.41, 5.74) is 6.35. The molecule has 1 radical (unpaired) electrons. The van der Waals surface area contributed by atoms with Gasteiger partial charge >= 0.3 is 0 Å². The first-order chi connectivity index (χ1) is 9.25. The van der Waals surface area contributed by atoms with Crippen molar-refractivity contribution in [2.45, 2.75) is 45.6 Å². The molecule has 0 amide bonds. The quantitative estimate of drug-likeness (QED) is 0.735. The van der Waals surface area contributed by atoms with Gasteiger partial charge in [-0.15, -0.1) is 0 Å². The molecule has 0 saturated carbocycles. The molecule has 0 aromatic heterocycles. The standard InChI is InChI=1S/C18H23Si/c1-13-6-5-9-18(14(13)2)19-12-16-11-10-15-7-3-4-8-17(15)16/h5-6,9-11H,3-4,7-8,12,19H2,1-2H3. The van der Waals surface area contributed by atoms with Crippen molar-refractivity contribution in [1.82, 2.24) is 0 Å². The largest absolute Gasteiger partial charge is 0.0731 e. The fourth-order valence-corrected chi connectivity index (χ4v) is 5.33. The van der Waals surface area contributed by atoms with Gasteiger partial charge in [0.2, 0.25) is 0 Å². The summed E-state index contributed by atoms with van der Waals surface area (Å²) in [6.07, 6.45) is 10.2. The topological polar surface area (TPSA) is 0 Å². The third kappa shape index (κ3) is 2.62. The zero-order valence-corrected chi connectivity index (χ0v) is 13.5. The maximum absolute atomic E-state index is 2.41. The van der Waals surface area contributed by atoms with Crippen LogP contribution in [-0.4, -0.2) is 9.52 Å². The van der Waals surface area contributed by atoms with Gasteiger partial charge in [0, 0.05) is 5.92 Å². The van der Waals surface area contributed by atoms with Crippen LogP contribution in [0, 0.1) is 19.8 Å². The third-order valence-electron chi connectivity index (χ3n) is 4.76. The molecule has 0 unspecified atom stereocenters. The summed E-state index contributed by atoms with van der Waals surface area (Å²) in [6, 6.07) is 8.16. The molecule has 19 heavy (non-hydrogen) atoms. The number of rotatable bonds is 3. The highest BCUT2D eigenvalue weighted by molar-refractivity contribution is 6.54. The number of allylic oxidation sites excluding steroid dienone is 4. The van der Waals surface area contributed by atoms with Crippen molar-refractivity contribution in [2.75, 3.05) is 0 Å². The van der Waals surface area contributed by atoms with E-state index in [9.17, 15) is 0 Å². The Hall–Kier alpha value is -1.08. The first-order valence-electron chi connectivity index (χ1n) is 7.57. The number of benzene rings is 1. The zero-order chi connectivity index (χ0) is 13.2. The Balaban J connectivity index is 1.69. The summed E-state index contributed by atoms with van der Waals surface area (Å²) in [5, 5.41) is 1.66. The molecular weight excluding hydrogens is 244 g/mol. The first kappa shape index (κ1) is 12.9. The minimum Gasteiger partial charge on any atom is -0.0731 e. The van der Waals surface area contributed by atoms with Gasteiger partial charge in [0.25, 0.3) is 0 Å². The normalized spacial score (nSPS) is 19.7. The molecule has 0 aliphatic heterocycles. The van der Waals surface area contributed by atoms with E-state index in [1.165, 1.54) is 42.9 Å². The Morgan fingerprint density at radius 3 is 2.79 bits per heavy atom. The summed E-state index contributed by atoms with van der Waals surface area (Å²) in [6.45, 7) is 4.52. The Labute approximate surface area is 119 Å². The van der Waals surface area contributed by atoms with Gasteiger partial charge < -0.3 is 0 Å². The zero-order valence-electron chi connectivity index (χ0n) is 12.1. The molecule has 0 nitrogen and oxygen atoms in total. The molecule has 2 aliphatic rings. The van der Waals surface area contributed by atoms with Crippen molar-refractivity contribution in [3.8, 4) is 0 Å². The van der Waals surface area contributed by atoms with Crippen LogP contribution < -0.4 is 5.19 Å². The van der Waals surface area contributed by atoms with Gasteiger partial charge in [0.15, 0.2) is 0 Å². The summed E-state index contributed by atoms with van der Waals surface area (Å²) in [5.74, 6) is 1.67. The van der Waals surface area contributed by atoms with Gasteiger partial charge in [-0.05, 0) is 62.3 Å². The number of aryl methyl sites for hydroxylation is 1. The molecule has 0 heterocycles. The van der Waals surface area contributed by atoms with Crippen molar-refractivity contribution < 1.29 is 0 Å². The van der Waals surface area contributed by atoms with Gasteiger partial charge in [-0.3, -0.25) is 0 Å². The van der Waals surface area contributed by atoms with Crippen molar-refractivity contribution in [3.05, 3.63) is 58.5 Å². The Kier molecular flexibility index (Phi) is 3.74. The molecular formula is C18H23Si. The maximum atomic E-state index is 2.41. The van der Waals surface area contributed by atoms with E-state index in [-0.39, 0.29) is 9.52 Å². The monoisotopic (exact) mass is 267 g/mol. The van der Waals surface area contributed by atoms with E-state index in [1.807, 2.05) is 0 Å². The highest BCUT2D eigenvalue weighted by Gasteiger charge is 2.23. The summed E-state index contributed by atoms with van der Waals surface area (Å²) < 4.78 is 0. The second-order valence-corrected chi connectivity index (χ2v) is 7.69. The average Bonchev–Trinajstić information content (AvgIpc) is 2.84. The third-order valence-corrected chi connectivity index (χ3v) is 6.86. The molecule has 0 spiro atoms. The van der Waals surface area contributed by atoms with Gasteiger partial charge in [0.1, 0.15) is 0 Å². The van der Waals surface area contributed by atoms with Crippen LogP contribution >= 0.6 is 0 Å². The highest BCUT2D eigenvalue weighted by atomic mass is 28.2. The van der Waals surface area contributed by atoms with E-state index in [0.29, 0.717) is 0 Å². The van der Waals surface area contributed by atoms with Gasteiger partial charge in [-0.1, -0.05) is 41.1 Å². The van der Waals surface area contributed by atoms with Crippen LogP contribution in [0.4, 0.5) is 0 Å². The molecule has 0 fully saturated rings. The molecule has 1 heteroatoms. The van der Waals surface area contributed by atoms with Crippen molar-refractivity contribution in [1.29, 1.82) is 0 Å². The smallest absolute Gasteiger partial charge is 0.0563 e. The average molecular weight is 267 g/mol. The number of hydrogen-bond acceptors (Lipinski definition) is 0. The Morgan fingerprint density at radius 1 is 1.05 bits per heavy atom. The minimum absolute atomic E-state index is 0.161. The molecule has 1 aromatic carbocycles. The van der Waals surface area contributed by atoms with E-state index in [1.54, 1.807) is 22.3 Å². The molecule has 0 atom stereocenters. The van der Waals surface area contributed by atoms with E-state index >= 15 is 0 Å². The Bertz CT molecular complexity index is 537. The Morgan fingerprint density at radius 2 is 1.89 bits per heavy atom. The van der Waals surface area contributed by atoms with Crippen LogP contribution in [-0.2, 0) is 0 Å². The number of hydrogen-bond donors (Lipinski definition) is 0. The predicted molar refractivity (Wildman–Crippen MR) is 86.8 cm³/mol. The molecule has 99 valence electrons. The SMILES string of the molecule is Cc1cccc([SiH2]C[C]2C=CC3=C2CCCC3)c1C. The van der Waals surface area contributed by atoms with Crippen molar-refractivity contribution >= 4 is 14.7 Å². The lowest BCUT2D eigenvalue weighted by Crippen LogP contribution is -2.20. The van der Waals surface area contributed by atoms with Crippen LogP contribution in [0.5, 0.6) is 0 Å². The molecule has 0 N–H and O–H groups in total. The van der Waals surface area contributed by atoms with E-state index in [0.717, 1.165) is 0 Å². The van der Waals surface area contributed by atoms with E-state index in [4.69, 9.17) is 0 Å². The maximum Gasteiger partial charge on any atom is 0.0563 e. The highest BCUT2D eigenvalue weighted by Crippen LogP contribution is 2.39. The molecule has 0 bridgehead atoms. The molecule has 1 aromatic rings. The van der Waals surface area contributed by atoms with Crippen LogP contribution in [0.1, 0.15) is 36.8 Å². The van der Waals surface area contributed by atoms with Gasteiger partial charge in [-0.2, -0.15) is 0 Å². The second-order valence-electron chi connectivity index (χ2n) is 5.93. The van der Waals surface area contributed by atoms with E-state index < -0.39 is 0 Å². The van der Waals surface area contributed by atoms with Crippen LogP contribution in [0.25, 0.3) is 0 Å². The molecule has 2 aliphatic carbocycles. The van der Waals surface area contributed by atoms with E-state index in [2.05, 4.69) is 44.2 Å². The lowest BCUT2D eigenvalue weighted by Gasteiger charge is -2.19. The van der Waals surface area contributed by atoms with Crippen molar-refractivity contribution in [3.63, 3.8) is 0 Å². The fraction of sp³-hybridized carbons (Fsp3) is 0.389. The molecule has 3 rings (SSSR count). The van der Waals surface area contributed by atoms with Crippen LogP contribution in [0.2, 0.25) is 6.04 Å². The fourth-order valence-electron chi connectivity index (χ4n) is 3.37. The summed E-state index contributed by atoms with van der Waals surface area (Å²) in [4.78, 5) is 0. The summed E-state index contributed by atoms with van der Waals surface area (Å²) >= 11 is 0. The van der Waals surface area contributed by atoms with Crippen LogP contribution in [0.15, 0.2) is 41.5 Å². The summed E-state index contributed by atoms with van der Waals surface area (Å²) in [7, 11) is -0.161. The van der Waals surface area contributed by atoms with Gasteiger partial charge in [-0.25, -0.2) is 0 Å². The van der Waals surface area contributed by atoms with Crippen LogP contribution in [0.3, 0.4) is 0 Å². The predicted octanol–water partition coefficient (Wildman–Crippen LogP) is 3.53. The molecule has 0 saturated heterocycles. The lowest BCUT2D eigenvalue weighted by molar-refractivity contribution is 0.685.